The van der Waals surface area contributed by atoms with Crippen LogP contribution in [0.1, 0.15) is 18.9 Å². The molecule has 1 aromatic carbocycles. The molecular weight excluding hydrogens is 273 g/mol. The lowest BCUT2D eigenvalue weighted by Crippen LogP contribution is -2.24. The van der Waals surface area contributed by atoms with Crippen LogP contribution in [0.3, 0.4) is 0 Å². The first-order chi connectivity index (χ1) is 7.58. The van der Waals surface area contributed by atoms with Gasteiger partial charge in [-0.2, -0.15) is 0 Å². The van der Waals surface area contributed by atoms with Gasteiger partial charge in [0.1, 0.15) is 11.6 Å². The Bertz CT molecular complexity index is 377. The highest BCUT2D eigenvalue weighted by atomic mass is 79.9. The molecule has 2 nitrogen and oxygen atoms in total. The molecule has 0 radical (unpaired) electrons. The van der Waals surface area contributed by atoms with Crippen molar-refractivity contribution in [1.29, 1.82) is 0 Å². The van der Waals surface area contributed by atoms with E-state index in [1.807, 2.05) is 6.92 Å². The summed E-state index contributed by atoms with van der Waals surface area (Å²) in [4.78, 5) is 11.8. The zero-order valence-corrected chi connectivity index (χ0v) is 10.8. The molecule has 0 saturated heterocycles. The van der Waals surface area contributed by atoms with Gasteiger partial charge in [0.2, 0.25) is 0 Å². The van der Waals surface area contributed by atoms with Crippen LogP contribution in [-0.2, 0) is 11.2 Å². The molecule has 0 amide bonds. The number of halogens is 2. The van der Waals surface area contributed by atoms with Crippen molar-refractivity contribution < 1.29 is 9.18 Å². The summed E-state index contributed by atoms with van der Waals surface area (Å²) in [5, 5.41) is 0. The monoisotopic (exact) mass is 287 g/mol. The van der Waals surface area contributed by atoms with Gasteiger partial charge in [0.25, 0.3) is 0 Å². The summed E-state index contributed by atoms with van der Waals surface area (Å²) in [7, 11) is 0. The molecule has 0 aliphatic carbocycles. The van der Waals surface area contributed by atoms with Gasteiger partial charge in [0.05, 0.1) is 0 Å². The van der Waals surface area contributed by atoms with Crippen molar-refractivity contribution in [3.05, 3.63) is 34.1 Å². The molecule has 0 aliphatic heterocycles. The molecule has 0 aliphatic rings. The maximum Gasteiger partial charge on any atom is 0.141 e. The Kier molecular flexibility index (Phi) is 5.09. The fourth-order valence-corrected chi connectivity index (χ4v) is 1.95. The van der Waals surface area contributed by atoms with Crippen LogP contribution in [0.5, 0.6) is 0 Å². The standard InChI is InChI=1S/C12H15BrFNO/c1-2-8(7-15)12(16)6-9-5-10(13)3-4-11(9)14/h3-5,8H,2,6-7,15H2,1H3. The number of carbonyl (C=O) groups excluding carboxylic acids is 1. The minimum atomic E-state index is -0.344. The molecule has 0 bridgehead atoms. The predicted octanol–water partition coefficient (Wildman–Crippen LogP) is 2.68. The van der Waals surface area contributed by atoms with E-state index in [0.717, 1.165) is 4.47 Å². The smallest absolute Gasteiger partial charge is 0.141 e. The number of Topliss-reactive ketones (excluding diaryl/α,β-unsaturated/α-hetero) is 1. The zero-order valence-electron chi connectivity index (χ0n) is 9.17. The number of hydrogen-bond donors (Lipinski definition) is 1. The summed E-state index contributed by atoms with van der Waals surface area (Å²) in [6.45, 7) is 2.23. The molecule has 1 atom stereocenters. The molecule has 16 heavy (non-hydrogen) atoms. The van der Waals surface area contributed by atoms with E-state index in [9.17, 15) is 9.18 Å². The van der Waals surface area contributed by atoms with Gasteiger partial charge in [0, 0.05) is 23.4 Å². The number of nitrogens with two attached hydrogens (primary N) is 1. The molecule has 0 heterocycles. The predicted molar refractivity (Wildman–Crippen MR) is 65.6 cm³/mol. The highest BCUT2D eigenvalue weighted by Gasteiger charge is 2.16. The summed E-state index contributed by atoms with van der Waals surface area (Å²) >= 11 is 3.25. The number of carbonyl (C=O) groups is 1. The van der Waals surface area contributed by atoms with E-state index in [1.54, 1.807) is 12.1 Å². The average molecular weight is 288 g/mol. The number of benzene rings is 1. The van der Waals surface area contributed by atoms with Gasteiger partial charge in [-0.05, 0) is 30.2 Å². The van der Waals surface area contributed by atoms with E-state index in [2.05, 4.69) is 15.9 Å². The zero-order chi connectivity index (χ0) is 12.1. The fraction of sp³-hybridized carbons (Fsp3) is 0.417. The molecule has 0 aromatic heterocycles. The highest BCUT2D eigenvalue weighted by molar-refractivity contribution is 9.10. The summed E-state index contributed by atoms with van der Waals surface area (Å²) in [6, 6.07) is 4.61. The third-order valence-corrected chi connectivity index (χ3v) is 3.10. The lowest BCUT2D eigenvalue weighted by atomic mass is 9.95. The maximum absolute atomic E-state index is 13.4. The van der Waals surface area contributed by atoms with Crippen LogP contribution in [-0.4, -0.2) is 12.3 Å². The second kappa shape index (κ2) is 6.11. The minimum Gasteiger partial charge on any atom is -0.330 e. The van der Waals surface area contributed by atoms with Crippen molar-refractivity contribution >= 4 is 21.7 Å². The van der Waals surface area contributed by atoms with Crippen molar-refractivity contribution in [3.63, 3.8) is 0 Å². The second-order valence-corrected chi connectivity index (χ2v) is 4.64. The fourth-order valence-electron chi connectivity index (χ4n) is 1.54. The molecule has 0 fully saturated rings. The van der Waals surface area contributed by atoms with Gasteiger partial charge < -0.3 is 5.73 Å². The Hall–Kier alpha value is -0.740. The van der Waals surface area contributed by atoms with E-state index in [0.29, 0.717) is 18.5 Å². The molecule has 2 N–H and O–H groups in total. The first-order valence-electron chi connectivity index (χ1n) is 5.25. The normalized spacial score (nSPS) is 12.5. The van der Waals surface area contributed by atoms with Gasteiger partial charge in [-0.1, -0.05) is 22.9 Å². The van der Waals surface area contributed by atoms with Crippen LogP contribution in [0, 0.1) is 11.7 Å². The topological polar surface area (TPSA) is 43.1 Å². The first-order valence-corrected chi connectivity index (χ1v) is 6.04. The molecule has 88 valence electrons. The molecular formula is C12H15BrFNO. The van der Waals surface area contributed by atoms with Crippen molar-refractivity contribution in [2.75, 3.05) is 6.54 Å². The molecule has 1 aromatic rings. The van der Waals surface area contributed by atoms with Gasteiger partial charge in [-0.15, -0.1) is 0 Å². The molecule has 1 rings (SSSR count). The van der Waals surface area contributed by atoms with E-state index in [4.69, 9.17) is 5.73 Å². The molecule has 0 spiro atoms. The largest absolute Gasteiger partial charge is 0.330 e. The van der Waals surface area contributed by atoms with Crippen LogP contribution < -0.4 is 5.73 Å². The van der Waals surface area contributed by atoms with Crippen LogP contribution in [0.4, 0.5) is 4.39 Å². The third kappa shape index (κ3) is 3.39. The summed E-state index contributed by atoms with van der Waals surface area (Å²) < 4.78 is 14.2. The van der Waals surface area contributed by atoms with Crippen molar-refractivity contribution in [2.24, 2.45) is 11.7 Å². The Morgan fingerprint density at radius 2 is 2.25 bits per heavy atom. The summed E-state index contributed by atoms with van der Waals surface area (Å²) in [5.41, 5.74) is 5.90. The first kappa shape index (κ1) is 13.3. The molecule has 0 saturated carbocycles. The van der Waals surface area contributed by atoms with Gasteiger partial charge in [-0.3, -0.25) is 4.79 Å². The van der Waals surface area contributed by atoms with Crippen LogP contribution >= 0.6 is 15.9 Å². The number of hydrogen-bond acceptors (Lipinski definition) is 2. The van der Waals surface area contributed by atoms with Gasteiger partial charge in [0.15, 0.2) is 0 Å². The Morgan fingerprint density at radius 3 is 2.81 bits per heavy atom. The summed E-state index contributed by atoms with van der Waals surface area (Å²) in [5.74, 6) is -0.510. The van der Waals surface area contributed by atoms with Crippen molar-refractivity contribution in [3.8, 4) is 0 Å². The minimum absolute atomic E-state index is 0.00185. The highest BCUT2D eigenvalue weighted by Crippen LogP contribution is 2.17. The van der Waals surface area contributed by atoms with E-state index < -0.39 is 0 Å². The SMILES string of the molecule is CCC(CN)C(=O)Cc1cc(Br)ccc1F. The quantitative estimate of drug-likeness (QED) is 0.905. The van der Waals surface area contributed by atoms with E-state index >= 15 is 0 Å². The Labute approximate surface area is 103 Å². The van der Waals surface area contributed by atoms with E-state index in [1.165, 1.54) is 6.07 Å². The van der Waals surface area contributed by atoms with E-state index in [-0.39, 0.29) is 23.9 Å². The van der Waals surface area contributed by atoms with Crippen LogP contribution in [0.15, 0.2) is 22.7 Å². The van der Waals surface area contributed by atoms with Crippen LogP contribution in [0.2, 0.25) is 0 Å². The Balaban J connectivity index is 2.80. The number of ketones is 1. The number of rotatable bonds is 5. The van der Waals surface area contributed by atoms with Crippen molar-refractivity contribution in [2.45, 2.75) is 19.8 Å². The van der Waals surface area contributed by atoms with Gasteiger partial charge in [-0.25, -0.2) is 4.39 Å². The summed E-state index contributed by atoms with van der Waals surface area (Å²) in [6.07, 6.45) is 0.811. The van der Waals surface area contributed by atoms with Crippen LogP contribution in [0.25, 0.3) is 0 Å². The Morgan fingerprint density at radius 1 is 1.56 bits per heavy atom. The molecule has 1 unspecified atom stereocenters. The van der Waals surface area contributed by atoms with Gasteiger partial charge >= 0.3 is 0 Å². The maximum atomic E-state index is 13.4. The second-order valence-electron chi connectivity index (χ2n) is 3.72. The third-order valence-electron chi connectivity index (χ3n) is 2.61. The van der Waals surface area contributed by atoms with Crippen molar-refractivity contribution in [1.82, 2.24) is 0 Å². The lowest BCUT2D eigenvalue weighted by Gasteiger charge is -2.11. The lowest BCUT2D eigenvalue weighted by molar-refractivity contribution is -0.122. The average Bonchev–Trinajstić information content (AvgIpc) is 2.25. The molecule has 4 heteroatoms.